The molecule has 0 aromatic carbocycles. The molecule has 2 aliphatic rings. The highest BCUT2D eigenvalue weighted by Crippen LogP contribution is 2.20. The Morgan fingerprint density at radius 2 is 2.21 bits per heavy atom. The Bertz CT molecular complexity index is 309. The zero-order valence-corrected chi connectivity index (χ0v) is 12.2. The molecular weight excluding hydrogens is 242 g/mol. The van der Waals surface area contributed by atoms with Crippen LogP contribution in [0.1, 0.15) is 26.7 Å². The van der Waals surface area contributed by atoms with Gasteiger partial charge in [-0.05, 0) is 39.2 Å². The van der Waals surface area contributed by atoms with Gasteiger partial charge in [0.05, 0.1) is 6.10 Å². The average molecular weight is 269 g/mol. The lowest BCUT2D eigenvalue weighted by Gasteiger charge is -2.39. The molecule has 2 rings (SSSR count). The number of morpholine rings is 1. The van der Waals surface area contributed by atoms with Crippen LogP contribution in [0.4, 0.5) is 0 Å². The van der Waals surface area contributed by atoms with Crippen LogP contribution in [0.5, 0.6) is 0 Å². The lowest BCUT2D eigenvalue weighted by atomic mass is 9.96. The normalized spacial score (nSPS) is 30.1. The average Bonchev–Trinajstić information content (AvgIpc) is 2.41. The van der Waals surface area contributed by atoms with Gasteiger partial charge in [-0.25, -0.2) is 0 Å². The second-order valence-corrected chi connectivity index (χ2v) is 6.06. The van der Waals surface area contributed by atoms with E-state index in [0.29, 0.717) is 25.0 Å². The van der Waals surface area contributed by atoms with Gasteiger partial charge in [0.1, 0.15) is 6.61 Å². The number of carbonyl (C=O) groups excluding carboxylic acids is 1. The van der Waals surface area contributed by atoms with Crippen molar-refractivity contribution in [2.45, 2.75) is 38.8 Å². The second kappa shape index (κ2) is 6.68. The summed E-state index contributed by atoms with van der Waals surface area (Å²) in [6.07, 6.45) is 2.48. The second-order valence-electron chi connectivity index (χ2n) is 6.06. The van der Waals surface area contributed by atoms with Crippen LogP contribution in [0, 0.1) is 5.92 Å². The third kappa shape index (κ3) is 3.91. The number of hydrogen-bond donors (Lipinski definition) is 1. The van der Waals surface area contributed by atoms with E-state index in [0.717, 1.165) is 13.1 Å². The van der Waals surface area contributed by atoms with E-state index in [1.807, 2.05) is 4.90 Å². The molecule has 2 saturated heterocycles. The van der Waals surface area contributed by atoms with Crippen molar-refractivity contribution in [1.29, 1.82) is 0 Å². The number of hydrogen-bond acceptors (Lipinski definition) is 4. The Labute approximate surface area is 116 Å². The highest BCUT2D eigenvalue weighted by atomic mass is 16.5. The number of carbonyl (C=O) groups is 1. The third-order valence-corrected chi connectivity index (χ3v) is 4.24. The van der Waals surface area contributed by atoms with Gasteiger partial charge in [0.25, 0.3) is 0 Å². The number of rotatable bonds is 4. The van der Waals surface area contributed by atoms with Crippen molar-refractivity contribution in [2.24, 2.45) is 11.7 Å². The fourth-order valence-corrected chi connectivity index (χ4v) is 3.03. The SMILES string of the molecule is CC(C)N1CCCC(CN2CC(CN)OCC2=O)C1. The molecular formula is C14H27N3O2. The number of amides is 1. The molecule has 2 aliphatic heterocycles. The summed E-state index contributed by atoms with van der Waals surface area (Å²) in [4.78, 5) is 16.4. The first kappa shape index (κ1) is 14.8. The minimum atomic E-state index is 0.0162. The van der Waals surface area contributed by atoms with Gasteiger partial charge in [0.2, 0.25) is 5.91 Å². The first-order valence-corrected chi connectivity index (χ1v) is 7.43. The first-order chi connectivity index (χ1) is 9.10. The molecule has 2 fully saturated rings. The van der Waals surface area contributed by atoms with Gasteiger partial charge in [-0.3, -0.25) is 4.79 Å². The maximum atomic E-state index is 11.9. The summed E-state index contributed by atoms with van der Waals surface area (Å²) in [5.74, 6) is 0.711. The van der Waals surface area contributed by atoms with Gasteiger partial charge in [0, 0.05) is 32.2 Å². The molecule has 0 spiro atoms. The van der Waals surface area contributed by atoms with Crippen molar-refractivity contribution >= 4 is 5.91 Å². The van der Waals surface area contributed by atoms with Crippen LogP contribution < -0.4 is 5.73 Å². The Hall–Kier alpha value is -0.650. The standard InChI is InChI=1S/C14H27N3O2/c1-11(2)16-5-3-4-12(7-16)8-17-9-13(6-15)19-10-14(17)18/h11-13H,3-10,15H2,1-2H3. The smallest absolute Gasteiger partial charge is 0.248 e. The van der Waals surface area contributed by atoms with E-state index >= 15 is 0 Å². The van der Waals surface area contributed by atoms with Gasteiger partial charge in [0.15, 0.2) is 0 Å². The molecule has 0 bridgehead atoms. The van der Waals surface area contributed by atoms with Crippen molar-refractivity contribution < 1.29 is 9.53 Å². The summed E-state index contributed by atoms with van der Waals surface area (Å²) in [6.45, 7) is 9.00. The van der Waals surface area contributed by atoms with Crippen molar-refractivity contribution in [3.05, 3.63) is 0 Å². The van der Waals surface area contributed by atoms with Crippen LogP contribution in [-0.4, -0.2) is 67.2 Å². The summed E-state index contributed by atoms with van der Waals surface area (Å²) in [7, 11) is 0. The van der Waals surface area contributed by atoms with Gasteiger partial charge in [-0.15, -0.1) is 0 Å². The molecule has 2 atom stereocenters. The molecule has 0 saturated carbocycles. The van der Waals surface area contributed by atoms with E-state index in [4.69, 9.17) is 10.5 Å². The molecule has 19 heavy (non-hydrogen) atoms. The lowest BCUT2D eigenvalue weighted by Crippen LogP contribution is -2.52. The van der Waals surface area contributed by atoms with Crippen LogP contribution in [0.3, 0.4) is 0 Å². The highest BCUT2D eigenvalue weighted by molar-refractivity contribution is 5.78. The summed E-state index contributed by atoms with van der Waals surface area (Å²) < 4.78 is 5.39. The number of nitrogens with two attached hydrogens (primary N) is 1. The Kier molecular flexibility index (Phi) is 5.19. The van der Waals surface area contributed by atoms with E-state index in [1.54, 1.807) is 0 Å². The Morgan fingerprint density at radius 3 is 2.89 bits per heavy atom. The fraction of sp³-hybridized carbons (Fsp3) is 0.929. The molecule has 2 unspecified atom stereocenters. The molecule has 2 heterocycles. The summed E-state index contributed by atoms with van der Waals surface area (Å²) >= 11 is 0. The number of piperidine rings is 1. The molecule has 5 nitrogen and oxygen atoms in total. The van der Waals surface area contributed by atoms with Gasteiger partial charge < -0.3 is 20.3 Å². The van der Waals surface area contributed by atoms with Crippen molar-refractivity contribution in [3.8, 4) is 0 Å². The van der Waals surface area contributed by atoms with Crippen molar-refractivity contribution in [1.82, 2.24) is 9.80 Å². The lowest BCUT2D eigenvalue weighted by molar-refractivity contribution is -0.149. The first-order valence-electron chi connectivity index (χ1n) is 7.43. The molecule has 0 radical (unpaired) electrons. The number of ether oxygens (including phenoxy) is 1. The molecule has 110 valence electrons. The fourth-order valence-electron chi connectivity index (χ4n) is 3.03. The van der Waals surface area contributed by atoms with E-state index in [9.17, 15) is 4.79 Å². The number of nitrogens with zero attached hydrogens (tertiary/aromatic N) is 2. The van der Waals surface area contributed by atoms with E-state index in [2.05, 4.69) is 18.7 Å². The van der Waals surface area contributed by atoms with E-state index < -0.39 is 0 Å². The molecule has 5 heteroatoms. The van der Waals surface area contributed by atoms with E-state index in [1.165, 1.54) is 19.4 Å². The van der Waals surface area contributed by atoms with Crippen LogP contribution in [-0.2, 0) is 9.53 Å². The molecule has 0 aromatic heterocycles. The maximum absolute atomic E-state index is 11.9. The monoisotopic (exact) mass is 269 g/mol. The highest BCUT2D eigenvalue weighted by Gasteiger charge is 2.29. The van der Waals surface area contributed by atoms with Crippen LogP contribution >= 0.6 is 0 Å². The topological polar surface area (TPSA) is 58.8 Å². The van der Waals surface area contributed by atoms with Crippen molar-refractivity contribution in [2.75, 3.05) is 39.3 Å². The molecule has 0 aromatic rings. The third-order valence-electron chi connectivity index (χ3n) is 4.24. The molecule has 0 aliphatic carbocycles. The van der Waals surface area contributed by atoms with E-state index in [-0.39, 0.29) is 18.6 Å². The predicted molar refractivity (Wildman–Crippen MR) is 74.8 cm³/mol. The largest absolute Gasteiger partial charge is 0.365 e. The summed E-state index contributed by atoms with van der Waals surface area (Å²) in [5.41, 5.74) is 5.63. The van der Waals surface area contributed by atoms with Gasteiger partial charge in [-0.2, -0.15) is 0 Å². The quantitative estimate of drug-likeness (QED) is 0.797. The van der Waals surface area contributed by atoms with Gasteiger partial charge in [-0.1, -0.05) is 0 Å². The van der Waals surface area contributed by atoms with Gasteiger partial charge >= 0.3 is 0 Å². The summed E-state index contributed by atoms with van der Waals surface area (Å²) in [5, 5.41) is 0. The van der Waals surface area contributed by atoms with Crippen molar-refractivity contribution in [3.63, 3.8) is 0 Å². The molecule has 1 amide bonds. The zero-order valence-electron chi connectivity index (χ0n) is 12.2. The Balaban J connectivity index is 1.86. The van der Waals surface area contributed by atoms with Crippen LogP contribution in [0.2, 0.25) is 0 Å². The maximum Gasteiger partial charge on any atom is 0.248 e. The minimum absolute atomic E-state index is 0.0162. The minimum Gasteiger partial charge on any atom is -0.365 e. The zero-order chi connectivity index (χ0) is 13.8. The van der Waals surface area contributed by atoms with Crippen LogP contribution in [0.25, 0.3) is 0 Å². The Morgan fingerprint density at radius 1 is 1.42 bits per heavy atom. The molecule has 2 N–H and O–H groups in total. The number of likely N-dealkylation sites (tertiary alicyclic amines) is 1. The van der Waals surface area contributed by atoms with Crippen LogP contribution in [0.15, 0.2) is 0 Å². The predicted octanol–water partition coefficient (Wildman–Crippen LogP) is 0.293. The summed E-state index contributed by atoms with van der Waals surface area (Å²) in [6, 6.07) is 0.597.